The van der Waals surface area contributed by atoms with E-state index in [1.807, 2.05) is 43.4 Å². The van der Waals surface area contributed by atoms with Gasteiger partial charge in [0.1, 0.15) is 11.5 Å². The zero-order valence-corrected chi connectivity index (χ0v) is 17.2. The van der Waals surface area contributed by atoms with Crippen LogP contribution in [0.1, 0.15) is 22.0 Å². The third kappa shape index (κ3) is 3.68. The summed E-state index contributed by atoms with van der Waals surface area (Å²) >= 11 is 1.46. The van der Waals surface area contributed by atoms with Gasteiger partial charge in [0.05, 0.1) is 18.7 Å². The van der Waals surface area contributed by atoms with Gasteiger partial charge in [-0.25, -0.2) is 0 Å². The number of nitrogens with zero attached hydrogens (tertiary/aromatic N) is 2. The van der Waals surface area contributed by atoms with Crippen LogP contribution in [0.15, 0.2) is 41.3 Å². The van der Waals surface area contributed by atoms with Gasteiger partial charge in [-0.3, -0.25) is 9.59 Å². The van der Waals surface area contributed by atoms with Crippen LogP contribution in [-0.2, 0) is 9.59 Å². The summed E-state index contributed by atoms with van der Waals surface area (Å²) in [5.41, 5.74) is 1.46. The molecule has 0 aliphatic carbocycles. The molecule has 1 atom stereocenters. The van der Waals surface area contributed by atoms with E-state index in [2.05, 4.69) is 0 Å². The van der Waals surface area contributed by atoms with Crippen LogP contribution in [-0.4, -0.2) is 60.9 Å². The monoisotopic (exact) mass is 400 g/mol. The number of methoxy groups -OCH3 is 1. The Balaban J connectivity index is 2.10. The number of rotatable bonds is 6. The Hall–Kier alpha value is -2.64. The summed E-state index contributed by atoms with van der Waals surface area (Å²) in [6.07, 6.45) is 0. The first-order valence-corrected chi connectivity index (χ1v) is 9.84. The number of hydrogen-bond acceptors (Lipinski definition) is 6. The largest absolute Gasteiger partial charge is 0.507 e. The van der Waals surface area contributed by atoms with Gasteiger partial charge in [0.15, 0.2) is 0 Å². The van der Waals surface area contributed by atoms with Crippen molar-refractivity contribution in [3.8, 4) is 5.75 Å². The van der Waals surface area contributed by atoms with E-state index in [1.165, 1.54) is 11.3 Å². The molecule has 6 nitrogen and oxygen atoms in total. The number of likely N-dealkylation sites (N-methyl/N-ethyl adjacent to an activating group) is 1. The summed E-state index contributed by atoms with van der Waals surface area (Å²) in [6.45, 7) is 2.89. The number of ketones is 1. The quantitative estimate of drug-likeness (QED) is 0.459. The predicted octanol–water partition coefficient (Wildman–Crippen LogP) is 3.05. The van der Waals surface area contributed by atoms with Crippen molar-refractivity contribution in [1.29, 1.82) is 0 Å². The van der Waals surface area contributed by atoms with Gasteiger partial charge in [-0.1, -0.05) is 6.07 Å². The molecule has 148 valence electrons. The Morgan fingerprint density at radius 3 is 2.61 bits per heavy atom. The van der Waals surface area contributed by atoms with Crippen molar-refractivity contribution >= 4 is 28.8 Å². The van der Waals surface area contributed by atoms with Crippen LogP contribution < -0.4 is 4.74 Å². The number of hydrogen-bond donors (Lipinski definition) is 1. The van der Waals surface area contributed by atoms with Crippen molar-refractivity contribution < 1.29 is 19.4 Å². The molecule has 0 bridgehead atoms. The lowest BCUT2D eigenvalue weighted by Crippen LogP contribution is -2.35. The minimum Gasteiger partial charge on any atom is -0.507 e. The number of aliphatic hydroxyl groups excluding tert-OH is 1. The number of carbonyl (C=O) groups is 2. The molecule has 28 heavy (non-hydrogen) atoms. The molecule has 0 radical (unpaired) electrons. The number of amides is 1. The number of benzene rings is 1. The molecule has 1 N–H and O–H groups in total. The molecule has 0 saturated carbocycles. The Morgan fingerprint density at radius 1 is 1.29 bits per heavy atom. The van der Waals surface area contributed by atoms with Gasteiger partial charge in [0, 0.05) is 23.5 Å². The van der Waals surface area contributed by atoms with E-state index in [9.17, 15) is 14.7 Å². The highest BCUT2D eigenvalue weighted by atomic mass is 32.1. The summed E-state index contributed by atoms with van der Waals surface area (Å²) < 4.78 is 5.26. The van der Waals surface area contributed by atoms with Crippen LogP contribution in [0, 0.1) is 6.92 Å². The number of Topliss-reactive ketones (excluding diaryl/α,β-unsaturated/α-hetero) is 1. The highest BCUT2D eigenvalue weighted by molar-refractivity contribution is 7.10. The first-order chi connectivity index (χ1) is 13.3. The average Bonchev–Trinajstić information content (AvgIpc) is 3.27. The molecule has 2 aromatic rings. The third-order valence-corrected chi connectivity index (χ3v) is 5.73. The zero-order valence-electron chi connectivity index (χ0n) is 16.4. The minimum atomic E-state index is -0.650. The number of aryl methyl sites for hydroxylation is 1. The molecule has 1 aromatic heterocycles. The number of carbonyl (C=O) groups excluding carboxylic acids is 2. The molecule has 0 spiro atoms. The van der Waals surface area contributed by atoms with Crippen LogP contribution in [0.3, 0.4) is 0 Å². The number of thiophene rings is 1. The second-order valence-electron chi connectivity index (χ2n) is 7.00. The molecular formula is C21H24N2O4S. The molecule has 1 saturated heterocycles. The fourth-order valence-corrected chi connectivity index (χ4v) is 4.19. The fourth-order valence-electron chi connectivity index (χ4n) is 3.34. The lowest BCUT2D eigenvalue weighted by molar-refractivity contribution is -0.140. The van der Waals surface area contributed by atoms with E-state index < -0.39 is 17.7 Å². The van der Waals surface area contributed by atoms with Crippen LogP contribution >= 0.6 is 11.3 Å². The number of ether oxygens (including phenoxy) is 1. The van der Waals surface area contributed by atoms with Gasteiger partial charge in [-0.05, 0) is 56.2 Å². The second kappa shape index (κ2) is 8.16. The maximum atomic E-state index is 12.8. The van der Waals surface area contributed by atoms with Crippen LogP contribution in [0.25, 0.3) is 5.76 Å². The molecular weight excluding hydrogens is 376 g/mol. The van der Waals surface area contributed by atoms with Gasteiger partial charge >= 0.3 is 0 Å². The Kier molecular flexibility index (Phi) is 5.86. The minimum absolute atomic E-state index is 0.135. The van der Waals surface area contributed by atoms with E-state index in [0.29, 0.717) is 24.4 Å². The van der Waals surface area contributed by atoms with Crippen LogP contribution in [0.4, 0.5) is 0 Å². The average molecular weight is 401 g/mol. The Bertz CT molecular complexity index is 918. The highest BCUT2D eigenvalue weighted by Crippen LogP contribution is 2.41. The first kappa shape index (κ1) is 20.1. The van der Waals surface area contributed by atoms with E-state index in [-0.39, 0.29) is 11.3 Å². The van der Waals surface area contributed by atoms with E-state index in [4.69, 9.17) is 4.74 Å². The van der Waals surface area contributed by atoms with Crippen molar-refractivity contribution in [3.05, 3.63) is 57.3 Å². The van der Waals surface area contributed by atoms with Gasteiger partial charge in [-0.2, -0.15) is 0 Å². The third-order valence-electron chi connectivity index (χ3n) is 4.81. The zero-order chi connectivity index (χ0) is 20.4. The van der Waals surface area contributed by atoms with E-state index >= 15 is 0 Å². The SMILES string of the molecule is COc1ccc(/C(O)=C2\C(=O)C(=O)N(CCN(C)C)[C@@H]2c2cccs2)cc1C. The molecule has 3 rings (SSSR count). The molecule has 7 heteroatoms. The van der Waals surface area contributed by atoms with Gasteiger partial charge < -0.3 is 19.6 Å². The molecule has 1 aromatic carbocycles. The summed E-state index contributed by atoms with van der Waals surface area (Å²) in [6, 6.07) is 8.38. The van der Waals surface area contributed by atoms with Crippen molar-refractivity contribution in [3.63, 3.8) is 0 Å². The van der Waals surface area contributed by atoms with E-state index in [0.717, 1.165) is 10.4 Å². The van der Waals surface area contributed by atoms with Crippen molar-refractivity contribution in [2.75, 3.05) is 34.3 Å². The summed E-state index contributed by atoms with van der Waals surface area (Å²) in [5.74, 6) is -0.692. The van der Waals surface area contributed by atoms with Crippen LogP contribution in [0.5, 0.6) is 5.75 Å². The van der Waals surface area contributed by atoms with Gasteiger partial charge in [0.25, 0.3) is 11.7 Å². The van der Waals surface area contributed by atoms with Gasteiger partial charge in [0.2, 0.25) is 0 Å². The molecule has 1 aliphatic heterocycles. The topological polar surface area (TPSA) is 70.1 Å². The highest BCUT2D eigenvalue weighted by Gasteiger charge is 2.46. The van der Waals surface area contributed by atoms with Gasteiger partial charge in [-0.15, -0.1) is 11.3 Å². The van der Waals surface area contributed by atoms with E-state index in [1.54, 1.807) is 30.2 Å². The molecule has 2 heterocycles. The normalized spacial score (nSPS) is 18.9. The molecule has 1 amide bonds. The van der Waals surface area contributed by atoms with Crippen LogP contribution in [0.2, 0.25) is 0 Å². The summed E-state index contributed by atoms with van der Waals surface area (Å²) in [5, 5.41) is 12.9. The summed E-state index contributed by atoms with van der Waals surface area (Å²) in [4.78, 5) is 29.9. The molecule has 1 aliphatic rings. The first-order valence-electron chi connectivity index (χ1n) is 8.96. The number of aliphatic hydroxyl groups is 1. The Morgan fingerprint density at radius 2 is 2.04 bits per heavy atom. The lowest BCUT2D eigenvalue weighted by atomic mass is 9.99. The fraction of sp³-hybridized carbons (Fsp3) is 0.333. The maximum absolute atomic E-state index is 12.8. The predicted molar refractivity (Wildman–Crippen MR) is 110 cm³/mol. The summed E-state index contributed by atoms with van der Waals surface area (Å²) in [7, 11) is 5.41. The standard InChI is InChI=1S/C21H24N2O4S/c1-13-12-14(7-8-15(13)27-4)19(24)17-18(16-6-5-11-28-16)23(10-9-22(2)3)21(26)20(17)25/h5-8,11-12,18,24H,9-10H2,1-4H3/b19-17+/t18-/m1/s1. The van der Waals surface area contributed by atoms with Crippen molar-refractivity contribution in [1.82, 2.24) is 9.80 Å². The molecule has 0 unspecified atom stereocenters. The molecule has 1 fully saturated rings. The van der Waals surface area contributed by atoms with Crippen molar-refractivity contribution in [2.24, 2.45) is 0 Å². The Labute approximate surface area is 168 Å². The number of likely N-dealkylation sites (tertiary alicyclic amines) is 1. The maximum Gasteiger partial charge on any atom is 0.295 e. The smallest absolute Gasteiger partial charge is 0.295 e. The second-order valence-corrected chi connectivity index (χ2v) is 7.97. The lowest BCUT2D eigenvalue weighted by Gasteiger charge is -2.25. The van der Waals surface area contributed by atoms with Crippen molar-refractivity contribution in [2.45, 2.75) is 13.0 Å².